The Labute approximate surface area is 133 Å². The molecule has 1 saturated carbocycles. The molecule has 2 fully saturated rings. The number of hydrogen-bond donors (Lipinski definition) is 1. The quantitative estimate of drug-likeness (QED) is 0.908. The maximum absolute atomic E-state index is 11.1. The molecule has 0 aromatic carbocycles. The summed E-state index contributed by atoms with van der Waals surface area (Å²) in [4.78, 5) is 17.5. The standard InChI is InChI=1S/C16H20N4O3/c1-9-7-11(9)13-5-4-10(22-13)8-20-6-2-3-12(20)16-18-15(14(17)21)19-23-16/h4-5,9,11-12H,2-3,6-8H2,1H3,(H2,17,21)/t9-,11+,12-/m1/s1. The van der Waals surface area contributed by atoms with Crippen LogP contribution in [0.25, 0.3) is 0 Å². The molecule has 1 aliphatic heterocycles. The van der Waals surface area contributed by atoms with Crippen molar-refractivity contribution in [3.63, 3.8) is 0 Å². The van der Waals surface area contributed by atoms with Crippen LogP contribution in [0.1, 0.15) is 66.2 Å². The van der Waals surface area contributed by atoms with Crippen LogP contribution in [0.2, 0.25) is 0 Å². The van der Waals surface area contributed by atoms with Crippen LogP contribution in [0, 0.1) is 5.92 Å². The van der Waals surface area contributed by atoms with Crippen LogP contribution in [0.4, 0.5) is 0 Å². The number of primary amides is 1. The molecule has 3 atom stereocenters. The van der Waals surface area contributed by atoms with Crippen LogP contribution in [0.3, 0.4) is 0 Å². The van der Waals surface area contributed by atoms with E-state index >= 15 is 0 Å². The van der Waals surface area contributed by atoms with E-state index in [1.165, 1.54) is 6.42 Å². The maximum Gasteiger partial charge on any atom is 0.290 e. The van der Waals surface area contributed by atoms with Crippen molar-refractivity contribution in [2.75, 3.05) is 6.54 Å². The monoisotopic (exact) mass is 316 g/mol. The minimum atomic E-state index is -0.668. The molecule has 23 heavy (non-hydrogen) atoms. The largest absolute Gasteiger partial charge is 0.464 e. The number of rotatable bonds is 5. The van der Waals surface area contributed by atoms with Crippen LogP contribution in [0.5, 0.6) is 0 Å². The molecule has 4 rings (SSSR count). The lowest BCUT2D eigenvalue weighted by Gasteiger charge is -2.19. The van der Waals surface area contributed by atoms with Crippen LogP contribution >= 0.6 is 0 Å². The average Bonchev–Trinajstić information content (AvgIpc) is 3.01. The van der Waals surface area contributed by atoms with Gasteiger partial charge in [0.1, 0.15) is 11.5 Å². The molecule has 0 unspecified atom stereocenters. The zero-order valence-electron chi connectivity index (χ0n) is 13.1. The predicted octanol–water partition coefficient (Wildman–Crippen LogP) is 2.22. The smallest absolute Gasteiger partial charge is 0.290 e. The van der Waals surface area contributed by atoms with Crippen molar-refractivity contribution in [3.05, 3.63) is 35.4 Å². The number of carbonyl (C=O) groups excluding carboxylic acids is 1. The van der Waals surface area contributed by atoms with Gasteiger partial charge in [-0.05, 0) is 43.9 Å². The molecule has 0 spiro atoms. The lowest BCUT2D eigenvalue weighted by Crippen LogP contribution is -2.23. The topological polar surface area (TPSA) is 98.4 Å². The van der Waals surface area contributed by atoms with E-state index in [1.807, 2.05) is 0 Å². The van der Waals surface area contributed by atoms with Gasteiger partial charge in [0.05, 0.1) is 12.6 Å². The van der Waals surface area contributed by atoms with Crippen LogP contribution in [0.15, 0.2) is 21.1 Å². The molecule has 0 radical (unpaired) electrons. The van der Waals surface area contributed by atoms with Crippen molar-refractivity contribution in [3.8, 4) is 0 Å². The summed E-state index contributed by atoms with van der Waals surface area (Å²) in [6, 6.07) is 4.16. The molecule has 2 aromatic heterocycles. The Bertz CT molecular complexity index is 722. The number of furan rings is 1. The average molecular weight is 316 g/mol. The highest BCUT2D eigenvalue weighted by Gasteiger charge is 2.37. The summed E-state index contributed by atoms with van der Waals surface area (Å²) in [5.41, 5.74) is 5.18. The number of likely N-dealkylation sites (tertiary alicyclic amines) is 1. The fourth-order valence-corrected chi connectivity index (χ4v) is 3.36. The SMILES string of the molecule is C[C@@H]1C[C@@H]1c1ccc(CN2CCC[C@@H]2c2nc(C(N)=O)no2)o1. The molecular weight excluding hydrogens is 296 g/mol. The molecule has 2 aromatic rings. The number of nitrogens with two attached hydrogens (primary N) is 1. The molecule has 0 bridgehead atoms. The highest BCUT2D eigenvalue weighted by Crippen LogP contribution is 2.47. The molecule has 7 nitrogen and oxygen atoms in total. The van der Waals surface area contributed by atoms with Gasteiger partial charge in [-0.3, -0.25) is 9.69 Å². The maximum atomic E-state index is 11.1. The van der Waals surface area contributed by atoms with Gasteiger partial charge < -0.3 is 14.7 Å². The van der Waals surface area contributed by atoms with E-state index in [2.05, 4.69) is 34.1 Å². The third kappa shape index (κ3) is 2.76. The normalized spacial score (nSPS) is 27.4. The molecule has 1 aliphatic carbocycles. The second-order valence-corrected chi connectivity index (χ2v) is 6.57. The summed E-state index contributed by atoms with van der Waals surface area (Å²) in [6.45, 7) is 3.89. The molecule has 1 saturated heterocycles. The Kier molecular flexibility index (Phi) is 3.45. The second-order valence-electron chi connectivity index (χ2n) is 6.57. The lowest BCUT2D eigenvalue weighted by atomic mass is 10.2. The second kappa shape index (κ2) is 5.49. The summed E-state index contributed by atoms with van der Waals surface area (Å²) in [7, 11) is 0. The van der Waals surface area contributed by atoms with Crippen molar-refractivity contribution in [1.82, 2.24) is 15.0 Å². The van der Waals surface area contributed by atoms with Crippen molar-refractivity contribution in [1.29, 1.82) is 0 Å². The third-order valence-electron chi connectivity index (χ3n) is 4.83. The van der Waals surface area contributed by atoms with Gasteiger partial charge in [-0.1, -0.05) is 12.1 Å². The number of hydrogen-bond acceptors (Lipinski definition) is 6. The number of aromatic nitrogens is 2. The van der Waals surface area contributed by atoms with E-state index < -0.39 is 5.91 Å². The summed E-state index contributed by atoms with van der Waals surface area (Å²) in [5, 5.41) is 3.63. The van der Waals surface area contributed by atoms with E-state index in [1.54, 1.807) is 0 Å². The van der Waals surface area contributed by atoms with Crippen LogP contribution in [-0.2, 0) is 6.54 Å². The van der Waals surface area contributed by atoms with Crippen molar-refractivity contribution in [2.24, 2.45) is 11.7 Å². The Morgan fingerprint density at radius 3 is 3.00 bits per heavy atom. The number of amides is 1. The number of carbonyl (C=O) groups is 1. The lowest BCUT2D eigenvalue weighted by molar-refractivity contribution is 0.0987. The van der Waals surface area contributed by atoms with Gasteiger partial charge >= 0.3 is 0 Å². The Morgan fingerprint density at radius 2 is 2.30 bits per heavy atom. The number of nitrogens with zero attached hydrogens (tertiary/aromatic N) is 3. The molecule has 7 heteroatoms. The molecule has 2 N–H and O–H groups in total. The van der Waals surface area contributed by atoms with Crippen LogP contribution < -0.4 is 5.73 Å². The first kappa shape index (κ1) is 14.4. The first-order valence-corrected chi connectivity index (χ1v) is 8.08. The van der Waals surface area contributed by atoms with Gasteiger partial charge in [-0.15, -0.1) is 0 Å². The van der Waals surface area contributed by atoms with E-state index in [0.717, 1.165) is 36.8 Å². The zero-order chi connectivity index (χ0) is 16.0. The van der Waals surface area contributed by atoms with E-state index in [9.17, 15) is 4.79 Å². The molecule has 2 aliphatic rings. The minimum absolute atomic E-state index is 0.0176. The molecule has 1 amide bonds. The van der Waals surface area contributed by atoms with E-state index in [0.29, 0.717) is 18.4 Å². The van der Waals surface area contributed by atoms with Crippen molar-refractivity contribution < 1.29 is 13.7 Å². The summed E-state index contributed by atoms with van der Waals surface area (Å²) >= 11 is 0. The summed E-state index contributed by atoms with van der Waals surface area (Å²) < 4.78 is 11.2. The molecular formula is C16H20N4O3. The molecule has 122 valence electrons. The first-order chi connectivity index (χ1) is 11.1. The third-order valence-corrected chi connectivity index (χ3v) is 4.83. The van der Waals surface area contributed by atoms with Gasteiger partial charge in [-0.25, -0.2) is 0 Å². The van der Waals surface area contributed by atoms with Crippen LogP contribution in [-0.4, -0.2) is 27.5 Å². The fourth-order valence-electron chi connectivity index (χ4n) is 3.36. The predicted molar refractivity (Wildman–Crippen MR) is 80.4 cm³/mol. The Morgan fingerprint density at radius 1 is 1.48 bits per heavy atom. The Hall–Kier alpha value is -2.15. The minimum Gasteiger partial charge on any atom is -0.464 e. The van der Waals surface area contributed by atoms with Gasteiger partial charge in [0.25, 0.3) is 11.7 Å². The zero-order valence-corrected chi connectivity index (χ0v) is 13.1. The van der Waals surface area contributed by atoms with Crippen molar-refractivity contribution >= 4 is 5.91 Å². The highest BCUT2D eigenvalue weighted by molar-refractivity contribution is 5.88. The highest BCUT2D eigenvalue weighted by atomic mass is 16.5. The van der Waals surface area contributed by atoms with E-state index in [-0.39, 0.29) is 11.9 Å². The van der Waals surface area contributed by atoms with Gasteiger partial charge in [0.2, 0.25) is 5.89 Å². The van der Waals surface area contributed by atoms with Gasteiger partial charge in [0.15, 0.2) is 0 Å². The van der Waals surface area contributed by atoms with Gasteiger partial charge in [-0.2, -0.15) is 4.98 Å². The first-order valence-electron chi connectivity index (χ1n) is 8.08. The fraction of sp³-hybridized carbons (Fsp3) is 0.562. The van der Waals surface area contributed by atoms with Gasteiger partial charge in [0, 0.05) is 5.92 Å². The van der Waals surface area contributed by atoms with Crippen molar-refractivity contribution in [2.45, 2.75) is 44.7 Å². The van der Waals surface area contributed by atoms with E-state index in [4.69, 9.17) is 14.7 Å². The summed E-state index contributed by atoms with van der Waals surface area (Å²) in [5.74, 6) is 3.11. The summed E-state index contributed by atoms with van der Waals surface area (Å²) in [6.07, 6.45) is 3.19. The Balaban J connectivity index is 1.46. The molecule has 3 heterocycles.